The number of piperidine rings is 1. The van der Waals surface area contributed by atoms with E-state index in [0.717, 1.165) is 19.3 Å². The molecule has 1 atom stereocenters. The van der Waals surface area contributed by atoms with Crippen LogP contribution in [-0.2, 0) is 9.59 Å². The number of aliphatic carboxylic acids is 1. The van der Waals surface area contributed by atoms with Gasteiger partial charge in [0.2, 0.25) is 5.91 Å². The minimum Gasteiger partial charge on any atom is -0.481 e. The highest BCUT2D eigenvalue weighted by Crippen LogP contribution is 2.31. The first-order valence-corrected chi connectivity index (χ1v) is 7.64. The average Bonchev–Trinajstić information content (AvgIpc) is 2.43. The van der Waals surface area contributed by atoms with E-state index in [1.165, 1.54) is 0 Å². The Bertz CT molecular complexity index is 336. The van der Waals surface area contributed by atoms with Crippen LogP contribution in [0.2, 0.25) is 0 Å². The standard InChI is InChI=1S/C15H28N2O3/c1-3-12(6-9-16)4-5-13(18)17-10-7-15(2,8-11-17)14(19)20/h12H,3-11,16H2,1-2H3,(H,19,20). The van der Waals surface area contributed by atoms with Crippen LogP contribution in [0.15, 0.2) is 0 Å². The van der Waals surface area contributed by atoms with Gasteiger partial charge >= 0.3 is 5.97 Å². The topological polar surface area (TPSA) is 83.6 Å². The quantitative estimate of drug-likeness (QED) is 0.747. The third-order valence-corrected chi connectivity index (χ3v) is 4.65. The summed E-state index contributed by atoms with van der Waals surface area (Å²) < 4.78 is 0. The highest BCUT2D eigenvalue weighted by molar-refractivity contribution is 5.78. The van der Waals surface area contributed by atoms with E-state index in [0.29, 0.717) is 44.8 Å². The summed E-state index contributed by atoms with van der Waals surface area (Å²) in [6, 6.07) is 0. The predicted octanol–water partition coefficient (Wildman–Crippen LogP) is 1.85. The van der Waals surface area contributed by atoms with Crippen LogP contribution in [0, 0.1) is 11.3 Å². The van der Waals surface area contributed by atoms with Crippen molar-refractivity contribution >= 4 is 11.9 Å². The first kappa shape index (κ1) is 17.0. The maximum atomic E-state index is 12.2. The zero-order chi connectivity index (χ0) is 15.2. The molecule has 0 radical (unpaired) electrons. The number of hydrogen-bond acceptors (Lipinski definition) is 3. The van der Waals surface area contributed by atoms with Crippen molar-refractivity contribution in [3.8, 4) is 0 Å². The first-order chi connectivity index (χ1) is 9.42. The molecule has 0 aromatic heterocycles. The fourth-order valence-corrected chi connectivity index (χ4v) is 2.74. The molecule has 1 rings (SSSR count). The maximum Gasteiger partial charge on any atom is 0.309 e. The average molecular weight is 284 g/mol. The van der Waals surface area contributed by atoms with Crippen molar-refractivity contribution in [2.45, 2.75) is 52.4 Å². The summed E-state index contributed by atoms with van der Waals surface area (Å²) in [7, 11) is 0. The molecule has 1 amide bonds. The third kappa shape index (κ3) is 4.47. The number of carboxylic acids is 1. The molecule has 0 aliphatic carbocycles. The highest BCUT2D eigenvalue weighted by atomic mass is 16.4. The number of hydrogen-bond donors (Lipinski definition) is 2. The second-order valence-electron chi connectivity index (χ2n) is 6.14. The molecule has 0 spiro atoms. The van der Waals surface area contributed by atoms with Crippen molar-refractivity contribution in [2.24, 2.45) is 17.1 Å². The zero-order valence-corrected chi connectivity index (χ0v) is 12.7. The van der Waals surface area contributed by atoms with Gasteiger partial charge in [0.25, 0.3) is 0 Å². The van der Waals surface area contributed by atoms with Gasteiger partial charge in [-0.25, -0.2) is 0 Å². The largest absolute Gasteiger partial charge is 0.481 e. The van der Waals surface area contributed by atoms with Gasteiger partial charge in [0.05, 0.1) is 5.41 Å². The lowest BCUT2D eigenvalue weighted by Crippen LogP contribution is -2.45. The summed E-state index contributed by atoms with van der Waals surface area (Å²) in [6.07, 6.45) is 4.58. The van der Waals surface area contributed by atoms with Crippen molar-refractivity contribution in [1.82, 2.24) is 4.90 Å². The van der Waals surface area contributed by atoms with E-state index in [9.17, 15) is 14.7 Å². The smallest absolute Gasteiger partial charge is 0.309 e. The Kier molecular flexibility index (Phi) is 6.46. The van der Waals surface area contributed by atoms with E-state index >= 15 is 0 Å². The lowest BCUT2D eigenvalue weighted by atomic mass is 9.80. The van der Waals surface area contributed by atoms with E-state index in [1.807, 2.05) is 4.90 Å². The monoisotopic (exact) mass is 284 g/mol. The number of rotatable bonds is 7. The van der Waals surface area contributed by atoms with Gasteiger partial charge in [-0.1, -0.05) is 13.3 Å². The van der Waals surface area contributed by atoms with Crippen molar-refractivity contribution < 1.29 is 14.7 Å². The predicted molar refractivity (Wildman–Crippen MR) is 78.2 cm³/mol. The second-order valence-corrected chi connectivity index (χ2v) is 6.14. The van der Waals surface area contributed by atoms with Gasteiger partial charge in [-0.2, -0.15) is 0 Å². The van der Waals surface area contributed by atoms with Crippen molar-refractivity contribution in [1.29, 1.82) is 0 Å². The lowest BCUT2D eigenvalue weighted by Gasteiger charge is -2.36. The molecule has 0 aromatic rings. The number of nitrogens with two attached hydrogens (primary N) is 1. The Hall–Kier alpha value is -1.10. The van der Waals surface area contributed by atoms with Gasteiger partial charge in [-0.3, -0.25) is 9.59 Å². The summed E-state index contributed by atoms with van der Waals surface area (Å²) in [5.41, 5.74) is 4.90. The minimum absolute atomic E-state index is 0.160. The van der Waals surface area contributed by atoms with E-state index in [4.69, 9.17) is 5.73 Å². The van der Waals surface area contributed by atoms with Crippen LogP contribution >= 0.6 is 0 Å². The molecular weight excluding hydrogens is 256 g/mol. The Balaban J connectivity index is 2.37. The summed E-state index contributed by atoms with van der Waals surface area (Å²) >= 11 is 0. The fourth-order valence-electron chi connectivity index (χ4n) is 2.74. The fraction of sp³-hybridized carbons (Fsp3) is 0.867. The number of carboxylic acid groups (broad SMARTS) is 1. The third-order valence-electron chi connectivity index (χ3n) is 4.65. The highest BCUT2D eigenvalue weighted by Gasteiger charge is 2.37. The second kappa shape index (κ2) is 7.62. The number of carbonyl (C=O) groups is 2. The molecule has 1 aliphatic heterocycles. The zero-order valence-electron chi connectivity index (χ0n) is 12.7. The van der Waals surface area contributed by atoms with Crippen LogP contribution in [0.3, 0.4) is 0 Å². The van der Waals surface area contributed by atoms with Crippen LogP contribution in [0.1, 0.15) is 52.4 Å². The maximum absolute atomic E-state index is 12.2. The van der Waals surface area contributed by atoms with Crippen molar-refractivity contribution in [3.63, 3.8) is 0 Å². The van der Waals surface area contributed by atoms with Crippen LogP contribution < -0.4 is 5.73 Å². The van der Waals surface area contributed by atoms with E-state index in [-0.39, 0.29) is 5.91 Å². The first-order valence-electron chi connectivity index (χ1n) is 7.64. The molecule has 0 saturated carbocycles. The molecular formula is C15H28N2O3. The van der Waals surface area contributed by atoms with Gasteiger partial charge < -0.3 is 15.7 Å². The summed E-state index contributed by atoms with van der Waals surface area (Å²) in [4.78, 5) is 25.1. The van der Waals surface area contributed by atoms with Gasteiger partial charge in [-0.15, -0.1) is 0 Å². The molecule has 1 fully saturated rings. The van der Waals surface area contributed by atoms with Gasteiger partial charge in [0, 0.05) is 19.5 Å². The molecule has 1 aliphatic rings. The van der Waals surface area contributed by atoms with Crippen LogP contribution in [-0.4, -0.2) is 41.5 Å². The van der Waals surface area contributed by atoms with Crippen molar-refractivity contribution in [3.05, 3.63) is 0 Å². The Morgan fingerprint density at radius 1 is 1.30 bits per heavy atom. The van der Waals surface area contributed by atoms with Gasteiger partial charge in [0.15, 0.2) is 0 Å². The van der Waals surface area contributed by atoms with E-state index < -0.39 is 11.4 Å². The molecule has 5 heteroatoms. The number of carbonyl (C=O) groups excluding carboxylic acids is 1. The Morgan fingerprint density at radius 3 is 2.35 bits per heavy atom. The Morgan fingerprint density at radius 2 is 1.90 bits per heavy atom. The SMILES string of the molecule is CCC(CCN)CCC(=O)N1CCC(C)(C(=O)O)CC1. The molecule has 20 heavy (non-hydrogen) atoms. The van der Waals surface area contributed by atoms with E-state index in [1.54, 1.807) is 6.92 Å². The Labute approximate surface area is 121 Å². The van der Waals surface area contributed by atoms with Gasteiger partial charge in [0.1, 0.15) is 0 Å². The molecule has 0 aromatic carbocycles. The van der Waals surface area contributed by atoms with Crippen LogP contribution in [0.25, 0.3) is 0 Å². The lowest BCUT2D eigenvalue weighted by molar-refractivity contribution is -0.153. The summed E-state index contributed by atoms with van der Waals surface area (Å²) in [5.74, 6) is -0.0653. The molecule has 1 unspecified atom stereocenters. The normalized spacial score (nSPS) is 19.6. The summed E-state index contributed by atoms with van der Waals surface area (Å²) in [5, 5.41) is 9.17. The van der Waals surface area contributed by atoms with Crippen LogP contribution in [0.5, 0.6) is 0 Å². The van der Waals surface area contributed by atoms with Crippen LogP contribution in [0.4, 0.5) is 0 Å². The molecule has 1 heterocycles. The molecule has 1 saturated heterocycles. The number of nitrogens with zero attached hydrogens (tertiary/aromatic N) is 1. The van der Waals surface area contributed by atoms with Gasteiger partial charge in [-0.05, 0) is 45.1 Å². The summed E-state index contributed by atoms with van der Waals surface area (Å²) in [6.45, 7) is 5.70. The number of likely N-dealkylation sites (tertiary alicyclic amines) is 1. The molecule has 5 nitrogen and oxygen atoms in total. The van der Waals surface area contributed by atoms with E-state index in [2.05, 4.69) is 6.92 Å². The molecule has 0 bridgehead atoms. The molecule has 116 valence electrons. The molecule has 3 N–H and O–H groups in total. The van der Waals surface area contributed by atoms with Crippen molar-refractivity contribution in [2.75, 3.05) is 19.6 Å². The number of amides is 1. The minimum atomic E-state index is -0.751.